The third-order valence-corrected chi connectivity index (χ3v) is 3.30. The van der Waals surface area contributed by atoms with Crippen LogP contribution in [0.1, 0.15) is 20.3 Å². The van der Waals surface area contributed by atoms with Crippen molar-refractivity contribution >= 4 is 22.7 Å². The highest BCUT2D eigenvalue weighted by atomic mass is 16.3. The minimum absolute atomic E-state index is 0.0320. The molecule has 1 amide bonds. The second-order valence-electron chi connectivity index (χ2n) is 5.71. The largest absolute Gasteiger partial charge is 0.436 e. The lowest BCUT2D eigenvalue weighted by molar-refractivity contribution is -0.116. The number of anilines is 1. The summed E-state index contributed by atoms with van der Waals surface area (Å²) < 4.78 is 5.73. The fourth-order valence-corrected chi connectivity index (χ4v) is 2.27. The zero-order chi connectivity index (χ0) is 15.5. The summed E-state index contributed by atoms with van der Waals surface area (Å²) in [6.45, 7) is 4.05. The summed E-state index contributed by atoms with van der Waals surface area (Å²) in [4.78, 5) is 16.2. The van der Waals surface area contributed by atoms with Crippen LogP contribution in [-0.4, -0.2) is 10.9 Å². The number of rotatable bonds is 4. The number of benzene rings is 2. The van der Waals surface area contributed by atoms with Gasteiger partial charge in [-0.25, -0.2) is 4.98 Å². The minimum Gasteiger partial charge on any atom is -0.436 e. The van der Waals surface area contributed by atoms with Gasteiger partial charge in [0, 0.05) is 17.7 Å². The van der Waals surface area contributed by atoms with E-state index in [4.69, 9.17) is 4.42 Å². The lowest BCUT2D eigenvalue weighted by Crippen LogP contribution is -2.13. The van der Waals surface area contributed by atoms with Crippen LogP contribution >= 0.6 is 0 Å². The highest BCUT2D eigenvalue weighted by Gasteiger charge is 2.09. The van der Waals surface area contributed by atoms with Crippen molar-refractivity contribution in [3.8, 4) is 11.5 Å². The molecule has 0 atom stereocenters. The van der Waals surface area contributed by atoms with Crippen molar-refractivity contribution in [2.45, 2.75) is 20.3 Å². The first kappa shape index (κ1) is 14.3. The third-order valence-electron chi connectivity index (χ3n) is 3.30. The number of hydrogen-bond donors (Lipinski definition) is 1. The molecule has 112 valence electrons. The van der Waals surface area contributed by atoms with Gasteiger partial charge in [-0.3, -0.25) is 4.79 Å². The van der Waals surface area contributed by atoms with Gasteiger partial charge in [0.1, 0.15) is 5.52 Å². The second kappa shape index (κ2) is 6.02. The maximum atomic E-state index is 11.8. The standard InChI is InChI=1S/C18H18N2O2/c1-12(2)11-17(21)19-14-9-7-13(8-10-14)18-20-15-5-3-4-6-16(15)22-18/h3-10,12H,11H2,1-2H3,(H,19,21). The molecule has 0 saturated carbocycles. The van der Waals surface area contributed by atoms with Crippen LogP contribution in [0.15, 0.2) is 52.9 Å². The Morgan fingerprint density at radius 2 is 1.86 bits per heavy atom. The third kappa shape index (κ3) is 3.17. The Morgan fingerprint density at radius 1 is 1.14 bits per heavy atom. The highest BCUT2D eigenvalue weighted by Crippen LogP contribution is 2.25. The molecule has 0 fully saturated rings. The van der Waals surface area contributed by atoms with Gasteiger partial charge in [0.2, 0.25) is 11.8 Å². The molecule has 0 radical (unpaired) electrons. The van der Waals surface area contributed by atoms with Crippen molar-refractivity contribution in [2.24, 2.45) is 5.92 Å². The van der Waals surface area contributed by atoms with Crippen molar-refractivity contribution in [3.05, 3.63) is 48.5 Å². The van der Waals surface area contributed by atoms with Crippen molar-refractivity contribution in [1.29, 1.82) is 0 Å². The minimum atomic E-state index is 0.0320. The second-order valence-corrected chi connectivity index (χ2v) is 5.71. The van der Waals surface area contributed by atoms with Crippen molar-refractivity contribution in [2.75, 3.05) is 5.32 Å². The van der Waals surface area contributed by atoms with E-state index in [2.05, 4.69) is 10.3 Å². The van der Waals surface area contributed by atoms with Gasteiger partial charge in [0.25, 0.3) is 0 Å². The Morgan fingerprint density at radius 3 is 2.55 bits per heavy atom. The first-order chi connectivity index (χ1) is 10.6. The van der Waals surface area contributed by atoms with Gasteiger partial charge >= 0.3 is 0 Å². The monoisotopic (exact) mass is 294 g/mol. The number of aromatic nitrogens is 1. The summed E-state index contributed by atoms with van der Waals surface area (Å²) in [5.74, 6) is 0.963. The number of oxazole rings is 1. The molecule has 0 unspecified atom stereocenters. The van der Waals surface area contributed by atoms with Gasteiger partial charge in [-0.15, -0.1) is 0 Å². The van der Waals surface area contributed by atoms with Gasteiger partial charge < -0.3 is 9.73 Å². The summed E-state index contributed by atoms with van der Waals surface area (Å²) in [6, 6.07) is 15.2. The molecule has 3 aromatic rings. The van der Waals surface area contributed by atoms with Crippen molar-refractivity contribution < 1.29 is 9.21 Å². The van der Waals surface area contributed by atoms with Gasteiger partial charge in [-0.1, -0.05) is 26.0 Å². The average molecular weight is 294 g/mol. The molecule has 2 aromatic carbocycles. The zero-order valence-electron chi connectivity index (χ0n) is 12.7. The van der Waals surface area contributed by atoms with Crippen LogP contribution in [0.2, 0.25) is 0 Å². The number of fused-ring (bicyclic) bond motifs is 1. The van der Waals surface area contributed by atoms with E-state index in [0.29, 0.717) is 18.2 Å². The van der Waals surface area contributed by atoms with Crippen molar-refractivity contribution in [1.82, 2.24) is 4.98 Å². The smallest absolute Gasteiger partial charge is 0.227 e. The Balaban J connectivity index is 1.77. The Hall–Kier alpha value is -2.62. The predicted octanol–water partition coefficient (Wildman–Crippen LogP) is 4.48. The lowest BCUT2D eigenvalue weighted by atomic mass is 10.1. The summed E-state index contributed by atoms with van der Waals surface area (Å²) in [6.07, 6.45) is 0.521. The molecule has 0 spiro atoms. The number of carbonyl (C=O) groups is 1. The molecule has 1 N–H and O–H groups in total. The van der Waals surface area contributed by atoms with Gasteiger partial charge in [0.15, 0.2) is 5.58 Å². The maximum absolute atomic E-state index is 11.8. The van der Waals surface area contributed by atoms with E-state index in [-0.39, 0.29) is 5.91 Å². The van der Waals surface area contributed by atoms with Gasteiger partial charge in [0.05, 0.1) is 0 Å². The lowest BCUT2D eigenvalue weighted by Gasteiger charge is -2.07. The van der Waals surface area contributed by atoms with Crippen LogP contribution < -0.4 is 5.32 Å². The van der Waals surface area contributed by atoms with Crippen LogP contribution in [0.3, 0.4) is 0 Å². The fourth-order valence-electron chi connectivity index (χ4n) is 2.27. The van der Waals surface area contributed by atoms with Crippen molar-refractivity contribution in [3.63, 3.8) is 0 Å². The van der Waals surface area contributed by atoms with Gasteiger partial charge in [-0.2, -0.15) is 0 Å². The summed E-state index contributed by atoms with van der Waals surface area (Å²) in [5, 5.41) is 2.89. The Labute approximate surface area is 129 Å². The summed E-state index contributed by atoms with van der Waals surface area (Å²) in [5.41, 5.74) is 3.28. The SMILES string of the molecule is CC(C)CC(=O)Nc1ccc(-c2nc3ccccc3o2)cc1. The molecule has 0 aliphatic rings. The fraction of sp³-hybridized carbons (Fsp3) is 0.222. The number of para-hydroxylation sites is 2. The Kier molecular flexibility index (Phi) is 3.92. The van der Waals surface area contributed by atoms with Crippen LogP contribution in [0.4, 0.5) is 5.69 Å². The molecule has 1 heterocycles. The molecule has 22 heavy (non-hydrogen) atoms. The molecule has 0 aliphatic carbocycles. The summed E-state index contributed by atoms with van der Waals surface area (Å²) in [7, 11) is 0. The van der Waals surface area contributed by atoms with E-state index in [1.807, 2.05) is 62.4 Å². The maximum Gasteiger partial charge on any atom is 0.227 e. The molecule has 0 bridgehead atoms. The van der Waals surface area contributed by atoms with Crippen LogP contribution in [0, 0.1) is 5.92 Å². The quantitative estimate of drug-likeness (QED) is 0.772. The number of hydrogen-bond acceptors (Lipinski definition) is 3. The average Bonchev–Trinajstić information content (AvgIpc) is 2.91. The number of carbonyl (C=O) groups excluding carboxylic acids is 1. The Bertz CT molecular complexity index is 755. The van der Waals surface area contributed by atoms with E-state index in [1.165, 1.54) is 0 Å². The molecule has 1 aromatic heterocycles. The van der Waals surface area contributed by atoms with E-state index < -0.39 is 0 Å². The molecule has 4 nitrogen and oxygen atoms in total. The normalized spacial score (nSPS) is 11.0. The van der Waals surface area contributed by atoms with Crippen LogP contribution in [0.25, 0.3) is 22.6 Å². The summed E-state index contributed by atoms with van der Waals surface area (Å²) >= 11 is 0. The van der Waals surface area contributed by atoms with E-state index >= 15 is 0 Å². The highest BCUT2D eigenvalue weighted by molar-refractivity contribution is 5.91. The molecule has 0 saturated heterocycles. The van der Waals surface area contributed by atoms with Crippen LogP contribution in [-0.2, 0) is 4.79 Å². The first-order valence-electron chi connectivity index (χ1n) is 7.37. The molecule has 0 aliphatic heterocycles. The molecule has 4 heteroatoms. The van der Waals surface area contributed by atoms with E-state index in [0.717, 1.165) is 22.4 Å². The molecular formula is C18H18N2O2. The predicted molar refractivity (Wildman–Crippen MR) is 87.5 cm³/mol. The van der Waals surface area contributed by atoms with Gasteiger partial charge in [-0.05, 0) is 42.3 Å². The molecule has 3 rings (SSSR count). The topological polar surface area (TPSA) is 55.1 Å². The van der Waals surface area contributed by atoms with E-state index in [9.17, 15) is 4.79 Å². The zero-order valence-corrected chi connectivity index (χ0v) is 12.7. The van der Waals surface area contributed by atoms with E-state index in [1.54, 1.807) is 0 Å². The number of amides is 1. The first-order valence-corrected chi connectivity index (χ1v) is 7.37. The number of nitrogens with one attached hydrogen (secondary N) is 1. The number of nitrogens with zero attached hydrogens (tertiary/aromatic N) is 1. The molecular weight excluding hydrogens is 276 g/mol. The van der Waals surface area contributed by atoms with Crippen LogP contribution in [0.5, 0.6) is 0 Å².